The molecule has 0 bridgehead atoms. The van der Waals surface area contributed by atoms with Crippen LogP contribution in [-0.4, -0.2) is 21.5 Å². The van der Waals surface area contributed by atoms with Crippen molar-refractivity contribution < 1.29 is 9.15 Å². The zero-order valence-electron chi connectivity index (χ0n) is 16.0. The van der Waals surface area contributed by atoms with Crippen LogP contribution in [0.4, 0.5) is 11.7 Å². The van der Waals surface area contributed by atoms with Crippen LogP contribution in [0.5, 0.6) is 5.75 Å². The van der Waals surface area contributed by atoms with Crippen molar-refractivity contribution in [1.82, 2.24) is 14.4 Å². The van der Waals surface area contributed by atoms with E-state index in [1.807, 2.05) is 77.3 Å². The Morgan fingerprint density at radius 1 is 0.967 bits per heavy atom. The summed E-state index contributed by atoms with van der Waals surface area (Å²) in [5.41, 5.74) is 4.73. The number of ether oxygens (including phenoxy) is 1. The molecule has 148 valence electrons. The number of imidazole rings is 1. The molecule has 5 aromatic rings. The van der Waals surface area contributed by atoms with Crippen LogP contribution in [0.15, 0.2) is 83.6 Å². The van der Waals surface area contributed by atoms with E-state index in [4.69, 9.17) is 25.7 Å². The first kappa shape index (κ1) is 18.3. The van der Waals surface area contributed by atoms with Crippen molar-refractivity contribution in [3.05, 3.63) is 84.2 Å². The molecular weight excluding hydrogens is 400 g/mol. The van der Waals surface area contributed by atoms with Crippen molar-refractivity contribution in [2.45, 2.75) is 0 Å². The van der Waals surface area contributed by atoms with E-state index in [-0.39, 0.29) is 0 Å². The molecule has 0 atom stereocenters. The summed E-state index contributed by atoms with van der Waals surface area (Å²) in [6, 6.07) is 21.6. The minimum absolute atomic E-state index is 0.381. The van der Waals surface area contributed by atoms with Gasteiger partial charge in [-0.1, -0.05) is 41.9 Å². The van der Waals surface area contributed by atoms with Gasteiger partial charge in [-0.15, -0.1) is 0 Å². The number of oxazole rings is 1. The van der Waals surface area contributed by atoms with Crippen molar-refractivity contribution >= 4 is 29.0 Å². The van der Waals surface area contributed by atoms with Crippen LogP contribution in [0, 0.1) is 0 Å². The van der Waals surface area contributed by atoms with Crippen LogP contribution < -0.4 is 10.1 Å². The maximum absolute atomic E-state index is 6.40. The number of rotatable bonds is 5. The van der Waals surface area contributed by atoms with Gasteiger partial charge in [-0.25, -0.2) is 4.98 Å². The van der Waals surface area contributed by atoms with E-state index in [9.17, 15) is 0 Å². The third kappa shape index (κ3) is 3.27. The van der Waals surface area contributed by atoms with Crippen molar-refractivity contribution in [2.24, 2.45) is 0 Å². The first-order chi connectivity index (χ1) is 14.7. The second kappa shape index (κ2) is 7.57. The molecule has 0 amide bonds. The normalized spacial score (nSPS) is 11.0. The summed E-state index contributed by atoms with van der Waals surface area (Å²) in [6.07, 6.45) is 3.53. The van der Waals surface area contributed by atoms with Gasteiger partial charge in [0.1, 0.15) is 23.4 Å². The Labute approximate surface area is 177 Å². The molecule has 0 aliphatic carbocycles. The molecule has 0 fully saturated rings. The molecule has 0 spiro atoms. The van der Waals surface area contributed by atoms with Crippen molar-refractivity contribution in [1.29, 1.82) is 0 Å². The molecule has 0 aliphatic heterocycles. The van der Waals surface area contributed by atoms with Gasteiger partial charge >= 0.3 is 0 Å². The zero-order valence-corrected chi connectivity index (χ0v) is 16.8. The molecule has 30 heavy (non-hydrogen) atoms. The highest BCUT2D eigenvalue weighted by molar-refractivity contribution is 6.33. The average molecular weight is 417 g/mol. The monoisotopic (exact) mass is 416 g/mol. The van der Waals surface area contributed by atoms with Gasteiger partial charge in [0.05, 0.1) is 17.8 Å². The summed E-state index contributed by atoms with van der Waals surface area (Å²) < 4.78 is 12.8. The van der Waals surface area contributed by atoms with E-state index in [0.717, 1.165) is 28.4 Å². The number of hydrogen-bond acceptors (Lipinski definition) is 5. The first-order valence-corrected chi connectivity index (χ1v) is 9.70. The van der Waals surface area contributed by atoms with Gasteiger partial charge in [0.15, 0.2) is 5.65 Å². The lowest BCUT2D eigenvalue weighted by Crippen LogP contribution is -1.93. The first-order valence-electron chi connectivity index (χ1n) is 9.32. The van der Waals surface area contributed by atoms with Crippen LogP contribution >= 0.6 is 11.6 Å². The Balaban J connectivity index is 1.58. The van der Waals surface area contributed by atoms with Crippen LogP contribution in [-0.2, 0) is 0 Å². The van der Waals surface area contributed by atoms with Crippen molar-refractivity contribution in [2.75, 3.05) is 12.4 Å². The summed E-state index contributed by atoms with van der Waals surface area (Å²) in [5.74, 6) is 0.781. The van der Waals surface area contributed by atoms with Gasteiger partial charge in [0.2, 0.25) is 0 Å². The molecule has 2 aromatic carbocycles. The number of halogens is 1. The molecule has 1 N–H and O–H groups in total. The molecule has 6 nitrogen and oxygen atoms in total. The molecule has 3 aromatic heterocycles. The molecule has 7 heteroatoms. The van der Waals surface area contributed by atoms with Crippen molar-refractivity contribution in [3.8, 4) is 28.4 Å². The lowest BCUT2D eigenvalue weighted by Gasteiger charge is -2.03. The number of aromatic nitrogens is 3. The Hall–Kier alpha value is -3.77. The number of hydrogen-bond donors (Lipinski definition) is 1. The quantitative estimate of drug-likeness (QED) is 0.377. The summed E-state index contributed by atoms with van der Waals surface area (Å²) >= 11 is 6.40. The highest BCUT2D eigenvalue weighted by Crippen LogP contribution is 2.35. The van der Waals surface area contributed by atoms with E-state index >= 15 is 0 Å². The predicted molar refractivity (Wildman–Crippen MR) is 117 cm³/mol. The number of pyridine rings is 1. The second-order valence-corrected chi connectivity index (χ2v) is 7.02. The molecule has 0 saturated heterocycles. The Morgan fingerprint density at radius 3 is 2.53 bits per heavy atom. The number of methoxy groups -OCH3 is 1. The van der Waals surface area contributed by atoms with Crippen LogP contribution in [0.3, 0.4) is 0 Å². The minimum atomic E-state index is 0.381. The lowest BCUT2D eigenvalue weighted by atomic mass is 10.1. The van der Waals surface area contributed by atoms with Gasteiger partial charge < -0.3 is 14.5 Å². The SMILES string of the molecule is COc1ccc(Nc2nc(-c3c(-c4ccccc4)nc4c(Cl)cccn34)co2)cc1. The molecule has 0 unspecified atom stereocenters. The number of nitrogens with one attached hydrogen (secondary N) is 1. The van der Waals surface area contributed by atoms with Gasteiger partial charge in [-0.05, 0) is 36.4 Å². The van der Waals surface area contributed by atoms with E-state index in [2.05, 4.69) is 10.3 Å². The number of benzene rings is 2. The third-order valence-corrected chi connectivity index (χ3v) is 5.03. The number of fused-ring (bicyclic) bond motifs is 1. The summed E-state index contributed by atoms with van der Waals surface area (Å²) in [6.45, 7) is 0. The van der Waals surface area contributed by atoms with Crippen LogP contribution in [0.25, 0.3) is 28.3 Å². The van der Waals surface area contributed by atoms with E-state index in [0.29, 0.717) is 22.4 Å². The van der Waals surface area contributed by atoms with E-state index < -0.39 is 0 Å². The molecular formula is C23H17ClN4O2. The standard InChI is InChI=1S/C23H17ClN4O2/c1-29-17-11-9-16(10-12-17)25-23-26-19(14-30-23)21-20(15-6-3-2-4-7-15)27-22-18(24)8-5-13-28(21)22/h2-14H,1H3,(H,25,26). The average Bonchev–Trinajstić information content (AvgIpc) is 3.40. The number of anilines is 2. The van der Waals surface area contributed by atoms with Gasteiger partial charge in [-0.3, -0.25) is 4.40 Å². The van der Waals surface area contributed by atoms with Crippen LogP contribution in [0.2, 0.25) is 5.02 Å². The van der Waals surface area contributed by atoms with Gasteiger partial charge in [0.25, 0.3) is 6.01 Å². The smallest absolute Gasteiger partial charge is 0.299 e. The van der Waals surface area contributed by atoms with E-state index in [1.165, 1.54) is 0 Å². The summed E-state index contributed by atoms with van der Waals surface area (Å²) in [4.78, 5) is 9.43. The fourth-order valence-electron chi connectivity index (χ4n) is 3.31. The van der Waals surface area contributed by atoms with Crippen molar-refractivity contribution in [3.63, 3.8) is 0 Å². The largest absolute Gasteiger partial charge is 0.497 e. The highest BCUT2D eigenvalue weighted by atomic mass is 35.5. The summed E-state index contributed by atoms with van der Waals surface area (Å²) in [5, 5.41) is 3.74. The van der Waals surface area contributed by atoms with Gasteiger partial charge in [-0.2, -0.15) is 4.98 Å². The van der Waals surface area contributed by atoms with Crippen LogP contribution in [0.1, 0.15) is 0 Å². The minimum Gasteiger partial charge on any atom is -0.497 e. The Morgan fingerprint density at radius 2 is 1.77 bits per heavy atom. The molecule has 0 saturated carbocycles. The Kier molecular flexibility index (Phi) is 4.61. The zero-order chi connectivity index (χ0) is 20.5. The molecule has 0 aliphatic rings. The van der Waals surface area contributed by atoms with Gasteiger partial charge in [0, 0.05) is 17.4 Å². The predicted octanol–water partition coefficient (Wildman–Crippen LogP) is 6.06. The third-order valence-electron chi connectivity index (χ3n) is 4.74. The van der Waals surface area contributed by atoms with E-state index in [1.54, 1.807) is 13.4 Å². The topological polar surface area (TPSA) is 64.6 Å². The fourth-order valence-corrected chi connectivity index (χ4v) is 3.52. The lowest BCUT2D eigenvalue weighted by molar-refractivity contribution is 0.415. The Bertz CT molecular complexity index is 1310. The highest BCUT2D eigenvalue weighted by Gasteiger charge is 2.20. The molecule has 0 radical (unpaired) electrons. The summed E-state index contributed by atoms with van der Waals surface area (Å²) in [7, 11) is 1.63. The number of nitrogens with zero attached hydrogens (tertiary/aromatic N) is 3. The molecule has 5 rings (SSSR count). The second-order valence-electron chi connectivity index (χ2n) is 6.62. The molecule has 3 heterocycles. The fraction of sp³-hybridized carbons (Fsp3) is 0.0435. The maximum atomic E-state index is 6.40. The maximum Gasteiger partial charge on any atom is 0.299 e.